The van der Waals surface area contributed by atoms with Crippen molar-refractivity contribution in [2.45, 2.75) is 64.7 Å². The van der Waals surface area contributed by atoms with Crippen molar-refractivity contribution in [3.63, 3.8) is 0 Å². The van der Waals surface area contributed by atoms with Crippen LogP contribution in [0.3, 0.4) is 0 Å². The third kappa shape index (κ3) is 9.14. The number of carbonyl (C=O) groups excluding carboxylic acids is 2. The lowest BCUT2D eigenvalue weighted by atomic mass is 9.87. The molecule has 1 atom stereocenters. The highest BCUT2D eigenvalue weighted by molar-refractivity contribution is 6.09. The molecule has 40 heavy (non-hydrogen) atoms. The van der Waals surface area contributed by atoms with Crippen LogP contribution in [0, 0.1) is 0 Å². The van der Waals surface area contributed by atoms with Gasteiger partial charge in [0.15, 0.2) is 0 Å². The van der Waals surface area contributed by atoms with Gasteiger partial charge < -0.3 is 10.4 Å². The van der Waals surface area contributed by atoms with Crippen molar-refractivity contribution in [1.29, 1.82) is 0 Å². The van der Waals surface area contributed by atoms with Crippen LogP contribution in [0.2, 0.25) is 0 Å². The average Bonchev–Trinajstić information content (AvgIpc) is 2.86. The van der Waals surface area contributed by atoms with E-state index in [1.807, 2.05) is 45.0 Å². The summed E-state index contributed by atoms with van der Waals surface area (Å²) >= 11 is 0. The summed E-state index contributed by atoms with van der Waals surface area (Å²) in [7, 11) is 0. The molecule has 0 spiro atoms. The summed E-state index contributed by atoms with van der Waals surface area (Å²) in [5.41, 5.74) is 1.90. The van der Waals surface area contributed by atoms with Crippen LogP contribution in [-0.4, -0.2) is 49.6 Å². The van der Waals surface area contributed by atoms with Crippen LogP contribution >= 0.6 is 0 Å². The Morgan fingerprint density at radius 2 is 1.45 bits per heavy atom. The molecule has 2 N–H and O–H groups in total. The summed E-state index contributed by atoms with van der Waals surface area (Å²) < 4.78 is 31.7. The maximum Gasteiger partial charge on any atom is 0.490 e. The van der Waals surface area contributed by atoms with E-state index in [-0.39, 0.29) is 17.0 Å². The Balaban J connectivity index is 0.000000708. The number of hydrogen-bond donors (Lipinski definition) is 2. The molecule has 0 saturated heterocycles. The van der Waals surface area contributed by atoms with Gasteiger partial charge in [0.2, 0.25) is 5.91 Å². The van der Waals surface area contributed by atoms with Crippen molar-refractivity contribution in [2.24, 2.45) is 0 Å². The molecule has 0 saturated carbocycles. The Labute approximate surface area is 230 Å². The number of aliphatic carboxylic acids is 1. The Bertz CT molecular complexity index is 1290. The van der Waals surface area contributed by atoms with Gasteiger partial charge in [-0.2, -0.15) is 13.2 Å². The maximum absolute atomic E-state index is 13.7. The van der Waals surface area contributed by atoms with Crippen LogP contribution in [0.25, 0.3) is 0 Å². The lowest BCUT2D eigenvalue weighted by Gasteiger charge is -2.33. The van der Waals surface area contributed by atoms with Gasteiger partial charge in [0.25, 0.3) is 5.91 Å². The summed E-state index contributed by atoms with van der Waals surface area (Å²) in [5, 5.41) is 10.1. The van der Waals surface area contributed by atoms with Gasteiger partial charge in [0, 0.05) is 41.6 Å². The second kappa shape index (κ2) is 12.7. The fourth-order valence-electron chi connectivity index (χ4n) is 3.43. The summed E-state index contributed by atoms with van der Waals surface area (Å²) in [4.78, 5) is 50.1. The summed E-state index contributed by atoms with van der Waals surface area (Å²) in [5.74, 6) is -3.50. The predicted molar refractivity (Wildman–Crippen MR) is 143 cm³/mol. The number of aromatic nitrogens is 3. The number of anilines is 1. The number of benzene rings is 1. The molecule has 3 rings (SSSR count). The average molecular weight is 560 g/mol. The molecule has 1 aromatic carbocycles. The molecule has 214 valence electrons. The van der Waals surface area contributed by atoms with E-state index in [0.717, 1.165) is 5.56 Å². The monoisotopic (exact) mass is 559 g/mol. The van der Waals surface area contributed by atoms with Gasteiger partial charge in [-0.1, -0.05) is 39.0 Å². The number of carboxylic acids is 1. The Kier molecular flexibility index (Phi) is 10.1. The van der Waals surface area contributed by atoms with Crippen LogP contribution in [0.5, 0.6) is 0 Å². The number of nitrogens with zero attached hydrogens (tertiary/aromatic N) is 4. The van der Waals surface area contributed by atoms with E-state index in [0.29, 0.717) is 11.3 Å². The SMILES string of the molecule is CC(C)(C)NC(=O)C(c1cccnc1)N(C(=O)c1cnccn1)c1ccc(C(C)(C)C)cc1.O=C(O)C(F)(F)F. The number of carboxylic acid groups (broad SMARTS) is 1. The molecule has 3 aromatic rings. The molecule has 1 unspecified atom stereocenters. The molecule has 0 aliphatic rings. The number of pyridine rings is 1. The van der Waals surface area contributed by atoms with Gasteiger partial charge in [-0.3, -0.25) is 24.5 Å². The van der Waals surface area contributed by atoms with Crippen molar-refractivity contribution < 1.29 is 32.7 Å². The molecule has 0 bridgehead atoms. The van der Waals surface area contributed by atoms with E-state index in [9.17, 15) is 22.8 Å². The number of alkyl halides is 3. The van der Waals surface area contributed by atoms with Gasteiger partial charge in [-0.25, -0.2) is 9.78 Å². The zero-order chi connectivity index (χ0) is 30.3. The summed E-state index contributed by atoms with van der Waals surface area (Å²) in [6.07, 6.45) is 2.52. The molecule has 0 radical (unpaired) electrons. The molecule has 0 aliphatic heterocycles. The topological polar surface area (TPSA) is 125 Å². The molecular weight excluding hydrogens is 527 g/mol. The first-order valence-electron chi connectivity index (χ1n) is 12.1. The molecule has 2 heterocycles. The van der Waals surface area contributed by atoms with Gasteiger partial charge in [-0.15, -0.1) is 0 Å². The van der Waals surface area contributed by atoms with E-state index in [2.05, 4.69) is 41.0 Å². The Hall–Kier alpha value is -4.35. The lowest BCUT2D eigenvalue weighted by Crippen LogP contribution is -2.49. The lowest BCUT2D eigenvalue weighted by molar-refractivity contribution is -0.192. The highest BCUT2D eigenvalue weighted by atomic mass is 19.4. The third-order valence-corrected chi connectivity index (χ3v) is 5.26. The van der Waals surface area contributed by atoms with Crippen molar-refractivity contribution in [3.05, 3.63) is 84.2 Å². The van der Waals surface area contributed by atoms with Crippen LogP contribution in [0.4, 0.5) is 18.9 Å². The smallest absolute Gasteiger partial charge is 0.475 e. The van der Waals surface area contributed by atoms with Crippen LogP contribution < -0.4 is 10.2 Å². The first-order chi connectivity index (χ1) is 18.4. The normalized spacial score (nSPS) is 12.4. The highest BCUT2D eigenvalue weighted by Gasteiger charge is 2.38. The molecule has 0 fully saturated rings. The van der Waals surface area contributed by atoms with Crippen molar-refractivity contribution in [3.8, 4) is 0 Å². The fraction of sp³-hybridized carbons (Fsp3) is 0.357. The van der Waals surface area contributed by atoms with E-state index in [1.54, 1.807) is 24.5 Å². The Morgan fingerprint density at radius 1 is 0.875 bits per heavy atom. The first-order valence-corrected chi connectivity index (χ1v) is 12.1. The molecule has 9 nitrogen and oxygen atoms in total. The number of carbonyl (C=O) groups is 3. The second-order valence-corrected chi connectivity index (χ2v) is 10.8. The minimum Gasteiger partial charge on any atom is -0.475 e. The van der Waals surface area contributed by atoms with Crippen molar-refractivity contribution in [1.82, 2.24) is 20.3 Å². The molecule has 2 aromatic heterocycles. The van der Waals surface area contributed by atoms with Gasteiger partial charge in [-0.05, 0) is 49.9 Å². The highest BCUT2D eigenvalue weighted by Crippen LogP contribution is 2.32. The standard InChI is InChI=1S/C26H31N5O2.C2HF3O2/c1-25(2,3)19-9-11-20(12-10-19)31(24(33)21-17-28-14-15-29-21)22(18-8-7-13-27-16-18)23(32)30-26(4,5)6;3-2(4,5)1(6)7/h7-17,22H,1-6H3,(H,30,32);(H,6,7). The molecule has 2 amide bonds. The molecule has 0 aliphatic carbocycles. The van der Waals surface area contributed by atoms with Gasteiger partial charge in [0.05, 0.1) is 6.20 Å². The van der Waals surface area contributed by atoms with Gasteiger partial charge >= 0.3 is 12.1 Å². The predicted octanol–water partition coefficient (Wildman–Crippen LogP) is 5.11. The zero-order valence-corrected chi connectivity index (χ0v) is 23.0. The van der Waals surface area contributed by atoms with E-state index in [4.69, 9.17) is 9.90 Å². The number of amides is 2. The zero-order valence-electron chi connectivity index (χ0n) is 23.0. The number of rotatable bonds is 5. The van der Waals surface area contributed by atoms with E-state index in [1.165, 1.54) is 23.5 Å². The molecule has 12 heteroatoms. The maximum atomic E-state index is 13.7. The largest absolute Gasteiger partial charge is 0.490 e. The second-order valence-electron chi connectivity index (χ2n) is 10.8. The quantitative estimate of drug-likeness (QED) is 0.445. The van der Waals surface area contributed by atoms with Crippen LogP contribution in [0.1, 0.15) is 69.2 Å². The van der Waals surface area contributed by atoms with E-state index >= 15 is 0 Å². The number of halogens is 3. The summed E-state index contributed by atoms with van der Waals surface area (Å²) in [6.45, 7) is 12.1. The fourth-order valence-corrected chi connectivity index (χ4v) is 3.43. The molecular formula is C28H32F3N5O4. The van der Waals surface area contributed by atoms with Crippen molar-refractivity contribution in [2.75, 3.05) is 4.90 Å². The number of hydrogen-bond acceptors (Lipinski definition) is 6. The first kappa shape index (κ1) is 31.9. The van der Waals surface area contributed by atoms with Crippen LogP contribution in [-0.2, 0) is 15.0 Å². The van der Waals surface area contributed by atoms with Gasteiger partial charge in [0.1, 0.15) is 11.7 Å². The minimum atomic E-state index is -5.08. The summed E-state index contributed by atoms with van der Waals surface area (Å²) in [6, 6.07) is 10.3. The van der Waals surface area contributed by atoms with Crippen molar-refractivity contribution >= 4 is 23.5 Å². The minimum absolute atomic E-state index is 0.0510. The third-order valence-electron chi connectivity index (χ3n) is 5.26. The van der Waals surface area contributed by atoms with E-state index < -0.39 is 29.6 Å². The Morgan fingerprint density at radius 3 is 1.88 bits per heavy atom. The number of nitrogens with one attached hydrogen (secondary N) is 1. The van der Waals surface area contributed by atoms with Crippen LogP contribution in [0.15, 0.2) is 67.4 Å².